The number of nitrogen functional groups attached to an aromatic ring is 1. The zero-order valence-electron chi connectivity index (χ0n) is 15.7. The van der Waals surface area contributed by atoms with Gasteiger partial charge in [-0.2, -0.15) is 0 Å². The Balaban J connectivity index is 1.65. The molecule has 0 amide bonds. The molecule has 4 rings (SSSR count). The van der Waals surface area contributed by atoms with Gasteiger partial charge < -0.3 is 20.9 Å². The van der Waals surface area contributed by atoms with E-state index < -0.39 is 12.2 Å². The number of nitrogens with zero attached hydrogens (tertiary/aromatic N) is 2. The van der Waals surface area contributed by atoms with E-state index >= 15 is 0 Å². The maximum Gasteiger partial charge on any atom is 0.166 e. The molecule has 0 spiro atoms. The van der Waals surface area contributed by atoms with E-state index in [1.807, 2.05) is 19.1 Å². The second-order valence-corrected chi connectivity index (χ2v) is 7.73. The summed E-state index contributed by atoms with van der Waals surface area (Å²) in [6.45, 7) is 3.01. The van der Waals surface area contributed by atoms with Crippen LogP contribution in [-0.2, 0) is 6.54 Å². The summed E-state index contributed by atoms with van der Waals surface area (Å²) in [7, 11) is 0. The SMILES string of the molecule is CC(Oc1cc(-c2cnc3c(c2)CNCC3O)cnc1N)c1c(Cl)cccc1Cl. The van der Waals surface area contributed by atoms with Gasteiger partial charge in [0.15, 0.2) is 11.6 Å². The molecule has 1 aromatic carbocycles. The molecule has 0 aliphatic carbocycles. The smallest absolute Gasteiger partial charge is 0.166 e. The third-order valence-corrected chi connectivity index (χ3v) is 5.55. The Morgan fingerprint density at radius 3 is 2.62 bits per heavy atom. The first-order chi connectivity index (χ1) is 13.9. The van der Waals surface area contributed by atoms with Crippen molar-refractivity contribution in [1.82, 2.24) is 15.3 Å². The van der Waals surface area contributed by atoms with Crippen molar-refractivity contribution >= 4 is 29.0 Å². The number of halogens is 2. The van der Waals surface area contributed by atoms with Gasteiger partial charge in [0.05, 0.1) is 5.69 Å². The van der Waals surface area contributed by atoms with Gasteiger partial charge >= 0.3 is 0 Å². The summed E-state index contributed by atoms with van der Waals surface area (Å²) in [5.74, 6) is 0.702. The van der Waals surface area contributed by atoms with E-state index in [1.165, 1.54) is 0 Å². The van der Waals surface area contributed by atoms with Gasteiger partial charge in [0.25, 0.3) is 0 Å². The number of nitrogens with one attached hydrogen (secondary N) is 1. The molecule has 2 aromatic heterocycles. The van der Waals surface area contributed by atoms with Gasteiger partial charge in [0, 0.05) is 52.2 Å². The summed E-state index contributed by atoms with van der Waals surface area (Å²) in [5.41, 5.74) is 10.1. The van der Waals surface area contributed by atoms with Crippen LogP contribution in [0, 0.1) is 0 Å². The number of anilines is 1. The molecule has 150 valence electrons. The molecule has 8 heteroatoms. The average molecular weight is 431 g/mol. The van der Waals surface area contributed by atoms with Gasteiger partial charge in [0.2, 0.25) is 0 Å². The number of aliphatic hydroxyl groups is 1. The predicted octanol–water partition coefficient (Wildman–Crippen LogP) is 4.31. The standard InChI is InChI=1S/C21H20Cl2N4O2/c1-11(19-15(22)3-2-4-16(19)23)29-18-6-13(9-27-21(18)24)12-5-14-7-25-10-17(28)20(14)26-8-12/h2-6,8-9,11,17,25,28H,7,10H2,1H3,(H2,24,27). The van der Waals surface area contributed by atoms with Crippen molar-refractivity contribution < 1.29 is 9.84 Å². The highest BCUT2D eigenvalue weighted by atomic mass is 35.5. The molecule has 0 saturated carbocycles. The van der Waals surface area contributed by atoms with Crippen LogP contribution in [-0.4, -0.2) is 21.6 Å². The lowest BCUT2D eigenvalue weighted by molar-refractivity contribution is 0.160. The zero-order valence-corrected chi connectivity index (χ0v) is 17.2. The zero-order chi connectivity index (χ0) is 20.5. The number of fused-ring (bicyclic) bond motifs is 1. The quantitative estimate of drug-likeness (QED) is 0.570. The number of benzene rings is 1. The van der Waals surface area contributed by atoms with Crippen molar-refractivity contribution in [2.45, 2.75) is 25.7 Å². The molecule has 4 N–H and O–H groups in total. The fourth-order valence-electron chi connectivity index (χ4n) is 3.42. The molecule has 29 heavy (non-hydrogen) atoms. The summed E-state index contributed by atoms with van der Waals surface area (Å²) >= 11 is 12.6. The summed E-state index contributed by atoms with van der Waals surface area (Å²) in [4.78, 5) is 8.70. The van der Waals surface area contributed by atoms with Crippen LogP contribution in [0.5, 0.6) is 5.75 Å². The molecule has 1 aliphatic rings. The normalized spacial score (nSPS) is 16.9. The number of nitrogens with two attached hydrogens (primary N) is 1. The lowest BCUT2D eigenvalue weighted by Gasteiger charge is -2.22. The Morgan fingerprint density at radius 1 is 1.17 bits per heavy atom. The van der Waals surface area contributed by atoms with E-state index in [9.17, 15) is 5.11 Å². The second-order valence-electron chi connectivity index (χ2n) is 6.92. The van der Waals surface area contributed by atoms with E-state index in [1.54, 1.807) is 30.6 Å². The predicted molar refractivity (Wildman–Crippen MR) is 114 cm³/mol. The molecule has 2 atom stereocenters. The molecule has 0 saturated heterocycles. The summed E-state index contributed by atoms with van der Waals surface area (Å²) in [5, 5.41) is 14.3. The second kappa shape index (κ2) is 8.16. The van der Waals surface area contributed by atoms with Crippen molar-refractivity contribution in [3.05, 3.63) is 69.6 Å². The van der Waals surface area contributed by atoms with Crippen molar-refractivity contribution in [2.24, 2.45) is 0 Å². The first-order valence-corrected chi connectivity index (χ1v) is 9.93. The van der Waals surface area contributed by atoms with Gasteiger partial charge in [-0.25, -0.2) is 4.98 Å². The van der Waals surface area contributed by atoms with Crippen molar-refractivity contribution in [3.8, 4) is 16.9 Å². The molecule has 6 nitrogen and oxygen atoms in total. The molecule has 3 aromatic rings. The fraction of sp³-hybridized carbons (Fsp3) is 0.238. The van der Waals surface area contributed by atoms with Crippen LogP contribution in [0.4, 0.5) is 5.82 Å². The van der Waals surface area contributed by atoms with Crippen LogP contribution in [0.3, 0.4) is 0 Å². The maximum absolute atomic E-state index is 10.1. The molecule has 1 aliphatic heterocycles. The lowest BCUT2D eigenvalue weighted by Crippen LogP contribution is -2.28. The highest BCUT2D eigenvalue weighted by molar-refractivity contribution is 6.36. The molecule has 0 radical (unpaired) electrons. The third kappa shape index (κ3) is 4.02. The van der Waals surface area contributed by atoms with Crippen LogP contribution >= 0.6 is 23.2 Å². The number of pyridine rings is 2. The number of hydrogen-bond donors (Lipinski definition) is 3. The van der Waals surface area contributed by atoms with Crippen molar-refractivity contribution in [2.75, 3.05) is 12.3 Å². The van der Waals surface area contributed by atoms with Crippen LogP contribution < -0.4 is 15.8 Å². The summed E-state index contributed by atoms with van der Waals surface area (Å²) < 4.78 is 6.06. The number of aromatic nitrogens is 2. The molecular weight excluding hydrogens is 411 g/mol. The Labute approximate surface area is 178 Å². The molecule has 0 fully saturated rings. The van der Waals surface area contributed by atoms with Crippen molar-refractivity contribution in [1.29, 1.82) is 0 Å². The van der Waals surface area contributed by atoms with E-state index in [0.717, 1.165) is 16.7 Å². The first-order valence-electron chi connectivity index (χ1n) is 9.18. The number of hydrogen-bond acceptors (Lipinski definition) is 6. The summed E-state index contributed by atoms with van der Waals surface area (Å²) in [6.07, 6.45) is 2.37. The number of aliphatic hydroxyl groups excluding tert-OH is 1. The molecule has 3 heterocycles. The topological polar surface area (TPSA) is 93.3 Å². The van der Waals surface area contributed by atoms with Gasteiger partial charge in [-0.3, -0.25) is 4.98 Å². The number of rotatable bonds is 4. The van der Waals surface area contributed by atoms with E-state index in [2.05, 4.69) is 15.3 Å². The Kier molecular flexibility index (Phi) is 5.61. The van der Waals surface area contributed by atoms with Crippen LogP contribution in [0.1, 0.15) is 36.0 Å². The minimum absolute atomic E-state index is 0.270. The Hall–Kier alpha value is -2.38. The van der Waals surface area contributed by atoms with E-state index in [0.29, 0.717) is 40.1 Å². The number of ether oxygens (including phenoxy) is 1. The minimum atomic E-state index is -0.600. The highest BCUT2D eigenvalue weighted by Crippen LogP contribution is 2.36. The first kappa shape index (κ1) is 19.9. The van der Waals surface area contributed by atoms with Crippen LogP contribution in [0.2, 0.25) is 10.0 Å². The van der Waals surface area contributed by atoms with E-state index in [4.69, 9.17) is 33.7 Å². The molecular formula is C21H20Cl2N4O2. The lowest BCUT2D eigenvalue weighted by atomic mass is 10.0. The highest BCUT2D eigenvalue weighted by Gasteiger charge is 2.20. The van der Waals surface area contributed by atoms with Gasteiger partial charge in [-0.1, -0.05) is 29.3 Å². The largest absolute Gasteiger partial charge is 0.482 e. The fourth-order valence-corrected chi connectivity index (χ4v) is 4.12. The molecule has 2 unspecified atom stereocenters. The van der Waals surface area contributed by atoms with Crippen LogP contribution in [0.15, 0.2) is 42.7 Å². The third-order valence-electron chi connectivity index (χ3n) is 4.90. The summed E-state index contributed by atoms with van der Waals surface area (Å²) in [6, 6.07) is 9.12. The Bertz CT molecular complexity index is 1040. The van der Waals surface area contributed by atoms with E-state index in [-0.39, 0.29) is 5.82 Å². The number of β-amino-alcohol motifs (C(OH)–C–C–N with tert-alkyl or cyclic N) is 1. The van der Waals surface area contributed by atoms with Gasteiger partial charge in [-0.15, -0.1) is 0 Å². The minimum Gasteiger partial charge on any atom is -0.482 e. The molecule has 0 bridgehead atoms. The average Bonchev–Trinajstić information content (AvgIpc) is 2.69. The van der Waals surface area contributed by atoms with Crippen LogP contribution in [0.25, 0.3) is 11.1 Å². The maximum atomic E-state index is 10.1. The van der Waals surface area contributed by atoms with Gasteiger partial charge in [0.1, 0.15) is 12.2 Å². The Morgan fingerprint density at radius 2 is 1.86 bits per heavy atom. The van der Waals surface area contributed by atoms with Gasteiger partial charge in [-0.05, 0) is 36.8 Å². The monoisotopic (exact) mass is 430 g/mol. The van der Waals surface area contributed by atoms with Crippen molar-refractivity contribution in [3.63, 3.8) is 0 Å².